The molecule has 0 unspecified atom stereocenters. The fourth-order valence-corrected chi connectivity index (χ4v) is 1.36. The number of carbonyl (C=O) groups is 3. The van der Waals surface area contributed by atoms with Gasteiger partial charge in [0.25, 0.3) is 11.8 Å². The highest BCUT2D eigenvalue weighted by Gasteiger charge is 2.21. The van der Waals surface area contributed by atoms with Crippen molar-refractivity contribution in [2.24, 2.45) is 0 Å². The molecule has 1 aromatic rings. The molecule has 2 amide bonds. The lowest BCUT2D eigenvalue weighted by Gasteiger charge is -2.13. The average Bonchev–Trinajstić information content (AvgIpc) is 2.70. The zero-order valence-corrected chi connectivity index (χ0v) is 10.9. The maximum atomic E-state index is 12.0. The van der Waals surface area contributed by atoms with Crippen molar-refractivity contribution in [1.29, 1.82) is 0 Å². The van der Waals surface area contributed by atoms with E-state index >= 15 is 0 Å². The van der Waals surface area contributed by atoms with E-state index in [9.17, 15) is 14.4 Å². The largest absolute Gasteiger partial charge is 0.343 e. The van der Waals surface area contributed by atoms with E-state index < -0.39 is 11.7 Å². The third kappa shape index (κ3) is 2.73. The zero-order chi connectivity index (χ0) is 13.9. The molecular formula is C11H16N4O3. The summed E-state index contributed by atoms with van der Waals surface area (Å²) in [5.41, 5.74) is 0.507. The highest BCUT2D eigenvalue weighted by Crippen LogP contribution is 2.16. The van der Waals surface area contributed by atoms with Crippen molar-refractivity contribution in [3.63, 3.8) is 0 Å². The van der Waals surface area contributed by atoms with Crippen LogP contribution in [0, 0.1) is 0 Å². The summed E-state index contributed by atoms with van der Waals surface area (Å²) in [4.78, 5) is 35.6. The molecule has 0 saturated carbocycles. The van der Waals surface area contributed by atoms with Crippen LogP contribution < -0.4 is 5.32 Å². The highest BCUT2D eigenvalue weighted by atomic mass is 16.2. The zero-order valence-electron chi connectivity index (χ0n) is 10.9. The summed E-state index contributed by atoms with van der Waals surface area (Å²) in [5.74, 6) is -1.67. The second-order valence-corrected chi connectivity index (χ2v) is 3.93. The first kappa shape index (κ1) is 13.9. The van der Waals surface area contributed by atoms with Crippen molar-refractivity contribution in [2.45, 2.75) is 20.4 Å². The Balaban J connectivity index is 3.13. The van der Waals surface area contributed by atoms with Crippen molar-refractivity contribution in [3.05, 3.63) is 11.9 Å². The van der Waals surface area contributed by atoms with Crippen molar-refractivity contribution < 1.29 is 14.4 Å². The van der Waals surface area contributed by atoms with E-state index in [-0.39, 0.29) is 17.3 Å². The van der Waals surface area contributed by atoms with Gasteiger partial charge in [-0.25, -0.2) is 0 Å². The molecule has 0 fully saturated rings. The summed E-state index contributed by atoms with van der Waals surface area (Å²) < 4.78 is 1.47. The van der Waals surface area contributed by atoms with Crippen LogP contribution in [0.5, 0.6) is 0 Å². The Bertz CT molecular complexity index is 490. The number of aromatic nitrogens is 2. The predicted molar refractivity (Wildman–Crippen MR) is 65.2 cm³/mol. The van der Waals surface area contributed by atoms with Crippen LogP contribution in [0.25, 0.3) is 0 Å². The Kier molecular flexibility index (Phi) is 4.19. The van der Waals surface area contributed by atoms with Gasteiger partial charge in [-0.1, -0.05) is 0 Å². The molecule has 0 spiro atoms. The van der Waals surface area contributed by atoms with Gasteiger partial charge in [0, 0.05) is 27.6 Å². The monoisotopic (exact) mass is 252 g/mol. The standard InChI is InChI=1S/C11H16N4O3/c1-5-15-9(11(18)14(3)4)8(6-12-15)13-10(17)7(2)16/h6H,5H2,1-4H3,(H,13,17). The molecule has 1 aromatic heterocycles. The van der Waals surface area contributed by atoms with E-state index in [0.717, 1.165) is 6.92 Å². The van der Waals surface area contributed by atoms with Gasteiger partial charge in [-0.15, -0.1) is 0 Å². The van der Waals surface area contributed by atoms with E-state index in [0.29, 0.717) is 6.54 Å². The van der Waals surface area contributed by atoms with Crippen LogP contribution in [0.15, 0.2) is 6.20 Å². The van der Waals surface area contributed by atoms with Gasteiger partial charge in [0.15, 0.2) is 0 Å². The van der Waals surface area contributed by atoms with Crippen molar-refractivity contribution in [2.75, 3.05) is 19.4 Å². The van der Waals surface area contributed by atoms with Crippen LogP contribution in [-0.2, 0) is 16.1 Å². The molecule has 18 heavy (non-hydrogen) atoms. The number of anilines is 1. The minimum absolute atomic E-state index is 0.246. The smallest absolute Gasteiger partial charge is 0.291 e. The van der Waals surface area contributed by atoms with Crippen LogP contribution in [0.1, 0.15) is 24.3 Å². The van der Waals surface area contributed by atoms with E-state index in [4.69, 9.17) is 0 Å². The molecule has 0 aliphatic heterocycles. The number of nitrogens with one attached hydrogen (secondary N) is 1. The molecule has 1 heterocycles. The molecule has 0 radical (unpaired) electrons. The number of hydrogen-bond acceptors (Lipinski definition) is 4. The summed E-state index contributed by atoms with van der Waals surface area (Å²) in [7, 11) is 3.21. The SMILES string of the molecule is CCn1ncc(NC(=O)C(C)=O)c1C(=O)N(C)C. The highest BCUT2D eigenvalue weighted by molar-refractivity contribution is 6.40. The first-order valence-corrected chi connectivity index (χ1v) is 5.47. The number of carbonyl (C=O) groups excluding carboxylic acids is 3. The normalized spacial score (nSPS) is 10.0. The Labute approximate surface area is 105 Å². The second kappa shape index (κ2) is 5.44. The Hall–Kier alpha value is -2.18. The summed E-state index contributed by atoms with van der Waals surface area (Å²) >= 11 is 0. The maximum absolute atomic E-state index is 12.0. The molecule has 0 bridgehead atoms. The number of rotatable bonds is 4. The van der Waals surface area contributed by atoms with Gasteiger partial charge in [0.1, 0.15) is 5.69 Å². The topological polar surface area (TPSA) is 84.3 Å². The number of nitrogens with zero attached hydrogens (tertiary/aromatic N) is 3. The van der Waals surface area contributed by atoms with Gasteiger partial charge < -0.3 is 10.2 Å². The third-order valence-corrected chi connectivity index (χ3v) is 2.32. The molecular weight excluding hydrogens is 236 g/mol. The molecule has 0 atom stereocenters. The summed E-state index contributed by atoms with van der Waals surface area (Å²) in [6.07, 6.45) is 1.36. The predicted octanol–water partition coefficient (Wildman–Crippen LogP) is 0.132. The van der Waals surface area contributed by atoms with Gasteiger partial charge in [0.2, 0.25) is 5.78 Å². The molecule has 98 valence electrons. The molecule has 7 nitrogen and oxygen atoms in total. The van der Waals surface area contributed by atoms with Gasteiger partial charge in [-0.3, -0.25) is 19.1 Å². The maximum Gasteiger partial charge on any atom is 0.291 e. The van der Waals surface area contributed by atoms with Crippen LogP contribution in [0.2, 0.25) is 0 Å². The van der Waals surface area contributed by atoms with Crippen molar-refractivity contribution >= 4 is 23.3 Å². The minimum Gasteiger partial charge on any atom is -0.343 e. The summed E-state index contributed by atoms with van der Waals surface area (Å²) in [6, 6.07) is 0. The van der Waals surface area contributed by atoms with E-state index in [1.54, 1.807) is 14.1 Å². The van der Waals surface area contributed by atoms with Gasteiger partial charge in [0.05, 0.1) is 11.9 Å². The summed E-state index contributed by atoms with van der Waals surface area (Å²) in [5, 5.41) is 6.37. The van der Waals surface area contributed by atoms with Crippen molar-refractivity contribution in [3.8, 4) is 0 Å². The van der Waals surface area contributed by atoms with Gasteiger partial charge in [-0.2, -0.15) is 5.10 Å². The van der Waals surface area contributed by atoms with Crippen molar-refractivity contribution in [1.82, 2.24) is 14.7 Å². The first-order valence-electron chi connectivity index (χ1n) is 5.47. The quantitative estimate of drug-likeness (QED) is 0.772. The molecule has 1 rings (SSSR count). The van der Waals surface area contributed by atoms with Crippen LogP contribution in [0.3, 0.4) is 0 Å². The van der Waals surface area contributed by atoms with Crippen LogP contribution in [-0.4, -0.2) is 46.4 Å². The van der Waals surface area contributed by atoms with Gasteiger partial charge >= 0.3 is 0 Å². The molecule has 0 aliphatic rings. The molecule has 1 N–H and O–H groups in total. The lowest BCUT2D eigenvalue weighted by Crippen LogP contribution is -2.27. The third-order valence-electron chi connectivity index (χ3n) is 2.32. The molecule has 0 aromatic carbocycles. The number of Topliss-reactive ketones (excluding diaryl/α,β-unsaturated/α-hetero) is 1. The number of aryl methyl sites for hydroxylation is 1. The average molecular weight is 252 g/mol. The van der Waals surface area contributed by atoms with Crippen LogP contribution >= 0.6 is 0 Å². The molecule has 7 heteroatoms. The fourth-order valence-electron chi connectivity index (χ4n) is 1.36. The minimum atomic E-state index is -0.765. The Morgan fingerprint density at radius 1 is 1.39 bits per heavy atom. The Morgan fingerprint density at radius 3 is 2.44 bits per heavy atom. The number of amides is 2. The number of ketones is 1. The second-order valence-electron chi connectivity index (χ2n) is 3.93. The first-order chi connectivity index (χ1) is 8.38. The Morgan fingerprint density at radius 2 is 2.00 bits per heavy atom. The lowest BCUT2D eigenvalue weighted by atomic mass is 10.3. The van der Waals surface area contributed by atoms with E-state index in [1.807, 2.05) is 6.92 Å². The molecule has 0 saturated heterocycles. The number of hydrogen-bond donors (Lipinski definition) is 1. The van der Waals surface area contributed by atoms with Crippen LogP contribution in [0.4, 0.5) is 5.69 Å². The van der Waals surface area contributed by atoms with Gasteiger partial charge in [-0.05, 0) is 6.92 Å². The molecule has 0 aliphatic carbocycles. The van der Waals surface area contributed by atoms with E-state index in [1.165, 1.54) is 15.8 Å². The summed E-state index contributed by atoms with van der Waals surface area (Å²) in [6.45, 7) is 3.48. The lowest BCUT2D eigenvalue weighted by molar-refractivity contribution is -0.133. The van der Waals surface area contributed by atoms with E-state index in [2.05, 4.69) is 10.4 Å². The fraction of sp³-hybridized carbons (Fsp3) is 0.455.